The standard InChI is InChI=1S/C12H11BrF3NO3/c1-2-20-10(18)6-17-11(19)8-4-3-7(13)5-9(8)12(14,15)16/h3-5H,2,6H2,1H3,(H,17,19). The molecule has 0 saturated carbocycles. The molecule has 20 heavy (non-hydrogen) atoms. The van der Waals surface area contributed by atoms with Crippen LogP contribution in [0.15, 0.2) is 22.7 Å². The van der Waals surface area contributed by atoms with Crippen LogP contribution in [0, 0.1) is 0 Å². The van der Waals surface area contributed by atoms with E-state index < -0.39 is 35.7 Å². The fourth-order valence-corrected chi connectivity index (χ4v) is 1.77. The SMILES string of the molecule is CCOC(=O)CNC(=O)c1ccc(Br)cc1C(F)(F)F. The minimum atomic E-state index is -4.67. The Hall–Kier alpha value is -1.57. The average Bonchev–Trinajstić information content (AvgIpc) is 2.35. The van der Waals surface area contributed by atoms with Crippen molar-refractivity contribution in [2.75, 3.05) is 13.2 Å². The predicted molar refractivity (Wildman–Crippen MR) is 68.1 cm³/mol. The predicted octanol–water partition coefficient (Wildman–Crippen LogP) is 2.76. The highest BCUT2D eigenvalue weighted by molar-refractivity contribution is 9.10. The van der Waals surface area contributed by atoms with E-state index in [1.54, 1.807) is 6.92 Å². The molecule has 0 aliphatic carbocycles. The lowest BCUT2D eigenvalue weighted by atomic mass is 10.1. The van der Waals surface area contributed by atoms with Crippen molar-refractivity contribution < 1.29 is 27.5 Å². The molecule has 0 aliphatic rings. The quantitative estimate of drug-likeness (QED) is 0.846. The largest absolute Gasteiger partial charge is 0.465 e. The third-order valence-corrected chi connectivity index (χ3v) is 2.72. The molecule has 110 valence electrons. The Bertz CT molecular complexity index is 517. The zero-order valence-electron chi connectivity index (χ0n) is 10.4. The summed E-state index contributed by atoms with van der Waals surface area (Å²) in [5.41, 5.74) is -1.63. The highest BCUT2D eigenvalue weighted by atomic mass is 79.9. The molecule has 0 aliphatic heterocycles. The second kappa shape index (κ2) is 6.74. The van der Waals surface area contributed by atoms with E-state index in [2.05, 4.69) is 26.0 Å². The van der Waals surface area contributed by atoms with Crippen LogP contribution in [-0.2, 0) is 15.7 Å². The summed E-state index contributed by atoms with van der Waals surface area (Å²) in [6, 6.07) is 3.15. The fraction of sp³-hybridized carbons (Fsp3) is 0.333. The van der Waals surface area contributed by atoms with E-state index in [0.29, 0.717) is 0 Å². The Balaban J connectivity index is 2.91. The van der Waals surface area contributed by atoms with Gasteiger partial charge in [-0.3, -0.25) is 9.59 Å². The molecule has 0 saturated heterocycles. The van der Waals surface area contributed by atoms with Crippen molar-refractivity contribution in [2.24, 2.45) is 0 Å². The number of rotatable bonds is 4. The zero-order valence-corrected chi connectivity index (χ0v) is 12.0. The topological polar surface area (TPSA) is 55.4 Å². The number of alkyl halides is 3. The lowest BCUT2D eigenvalue weighted by Crippen LogP contribution is -2.32. The van der Waals surface area contributed by atoms with Gasteiger partial charge in [0, 0.05) is 4.47 Å². The molecule has 0 atom stereocenters. The second-order valence-corrected chi connectivity index (χ2v) is 4.59. The molecule has 0 unspecified atom stereocenters. The Labute approximate surface area is 121 Å². The van der Waals surface area contributed by atoms with E-state index in [0.717, 1.165) is 12.1 Å². The number of nitrogens with one attached hydrogen (secondary N) is 1. The van der Waals surface area contributed by atoms with Crippen LogP contribution in [0.5, 0.6) is 0 Å². The van der Waals surface area contributed by atoms with Crippen LogP contribution in [0.25, 0.3) is 0 Å². The first-order valence-electron chi connectivity index (χ1n) is 5.56. The van der Waals surface area contributed by atoms with Gasteiger partial charge in [0.1, 0.15) is 6.54 Å². The first-order valence-corrected chi connectivity index (χ1v) is 6.35. The van der Waals surface area contributed by atoms with Crippen LogP contribution in [0.1, 0.15) is 22.8 Å². The van der Waals surface area contributed by atoms with Gasteiger partial charge in [-0.1, -0.05) is 15.9 Å². The summed E-state index contributed by atoms with van der Waals surface area (Å²) in [7, 11) is 0. The lowest BCUT2D eigenvalue weighted by molar-refractivity contribution is -0.141. The smallest absolute Gasteiger partial charge is 0.417 e. The van der Waals surface area contributed by atoms with Crippen LogP contribution in [0.3, 0.4) is 0 Å². The van der Waals surface area contributed by atoms with E-state index >= 15 is 0 Å². The molecule has 0 radical (unpaired) electrons. The Morgan fingerprint density at radius 3 is 2.55 bits per heavy atom. The van der Waals surface area contributed by atoms with Gasteiger partial charge in [0.2, 0.25) is 0 Å². The highest BCUT2D eigenvalue weighted by Crippen LogP contribution is 2.33. The maximum Gasteiger partial charge on any atom is 0.417 e. The molecule has 1 aromatic rings. The van der Waals surface area contributed by atoms with Crippen molar-refractivity contribution >= 4 is 27.8 Å². The van der Waals surface area contributed by atoms with E-state index in [9.17, 15) is 22.8 Å². The lowest BCUT2D eigenvalue weighted by Gasteiger charge is -2.13. The first kappa shape index (κ1) is 16.5. The van der Waals surface area contributed by atoms with Gasteiger partial charge in [0.05, 0.1) is 17.7 Å². The molecule has 1 N–H and O–H groups in total. The number of esters is 1. The Kier molecular flexibility index (Phi) is 5.55. The molecule has 1 rings (SSSR count). The number of benzene rings is 1. The molecule has 1 aromatic carbocycles. The van der Waals surface area contributed by atoms with Gasteiger partial charge in [-0.05, 0) is 25.1 Å². The van der Waals surface area contributed by atoms with Crippen LogP contribution >= 0.6 is 15.9 Å². The maximum absolute atomic E-state index is 12.8. The zero-order chi connectivity index (χ0) is 15.3. The first-order chi connectivity index (χ1) is 9.25. The van der Waals surface area contributed by atoms with Crippen molar-refractivity contribution in [3.8, 4) is 0 Å². The molecule has 8 heteroatoms. The molecule has 1 amide bonds. The van der Waals surface area contributed by atoms with Crippen LogP contribution in [0.2, 0.25) is 0 Å². The van der Waals surface area contributed by atoms with Crippen molar-refractivity contribution in [3.05, 3.63) is 33.8 Å². The van der Waals surface area contributed by atoms with Gasteiger partial charge >= 0.3 is 12.1 Å². The third-order valence-electron chi connectivity index (χ3n) is 2.23. The molecule has 0 heterocycles. The summed E-state index contributed by atoms with van der Waals surface area (Å²) in [6.07, 6.45) is -4.67. The Morgan fingerprint density at radius 2 is 2.00 bits per heavy atom. The second-order valence-electron chi connectivity index (χ2n) is 3.68. The average molecular weight is 354 g/mol. The summed E-state index contributed by atoms with van der Waals surface area (Å²) in [4.78, 5) is 22.7. The van der Waals surface area contributed by atoms with Gasteiger partial charge in [-0.25, -0.2) is 0 Å². The number of carbonyl (C=O) groups is 2. The summed E-state index contributed by atoms with van der Waals surface area (Å²) < 4.78 is 43.2. The van der Waals surface area contributed by atoms with Crippen LogP contribution < -0.4 is 5.32 Å². The summed E-state index contributed by atoms with van der Waals surface area (Å²) >= 11 is 2.91. The van der Waals surface area contributed by atoms with Crippen molar-refractivity contribution in [2.45, 2.75) is 13.1 Å². The normalized spacial score (nSPS) is 11.1. The molecule has 4 nitrogen and oxygen atoms in total. The van der Waals surface area contributed by atoms with E-state index in [1.165, 1.54) is 6.07 Å². The summed E-state index contributed by atoms with van der Waals surface area (Å²) in [5.74, 6) is -1.70. The van der Waals surface area contributed by atoms with Crippen molar-refractivity contribution in [1.29, 1.82) is 0 Å². The number of hydrogen-bond acceptors (Lipinski definition) is 3. The minimum absolute atomic E-state index is 0.126. The van der Waals surface area contributed by atoms with Gasteiger partial charge < -0.3 is 10.1 Å². The number of halogens is 4. The summed E-state index contributed by atoms with van der Waals surface area (Å²) in [6.45, 7) is 1.22. The number of amides is 1. The monoisotopic (exact) mass is 353 g/mol. The van der Waals surface area contributed by atoms with Crippen LogP contribution in [0.4, 0.5) is 13.2 Å². The Morgan fingerprint density at radius 1 is 1.35 bits per heavy atom. The minimum Gasteiger partial charge on any atom is -0.465 e. The van der Waals surface area contributed by atoms with Crippen molar-refractivity contribution in [1.82, 2.24) is 5.32 Å². The number of carbonyl (C=O) groups excluding carboxylic acids is 2. The van der Waals surface area contributed by atoms with Gasteiger partial charge in [-0.15, -0.1) is 0 Å². The molecule has 0 aromatic heterocycles. The molecule has 0 spiro atoms. The number of hydrogen-bond donors (Lipinski definition) is 1. The van der Waals surface area contributed by atoms with E-state index in [-0.39, 0.29) is 11.1 Å². The van der Waals surface area contributed by atoms with E-state index in [4.69, 9.17) is 0 Å². The highest BCUT2D eigenvalue weighted by Gasteiger charge is 2.35. The third kappa shape index (κ3) is 4.52. The van der Waals surface area contributed by atoms with Gasteiger partial charge in [0.25, 0.3) is 5.91 Å². The summed E-state index contributed by atoms with van der Waals surface area (Å²) in [5, 5.41) is 2.09. The van der Waals surface area contributed by atoms with Crippen molar-refractivity contribution in [3.63, 3.8) is 0 Å². The fourth-order valence-electron chi connectivity index (χ4n) is 1.41. The van der Waals surface area contributed by atoms with Gasteiger partial charge in [0.15, 0.2) is 0 Å². The van der Waals surface area contributed by atoms with Gasteiger partial charge in [-0.2, -0.15) is 13.2 Å². The molecule has 0 bridgehead atoms. The maximum atomic E-state index is 12.8. The van der Waals surface area contributed by atoms with Crippen LogP contribution in [-0.4, -0.2) is 25.0 Å². The number of ether oxygens (including phenoxy) is 1. The molecular formula is C12H11BrF3NO3. The molecule has 0 fully saturated rings. The van der Waals surface area contributed by atoms with E-state index in [1.807, 2.05) is 0 Å². The molecular weight excluding hydrogens is 343 g/mol.